The molecule has 7 nitrogen and oxygen atoms in total. The van der Waals surface area contributed by atoms with E-state index in [4.69, 9.17) is 9.47 Å². The highest BCUT2D eigenvalue weighted by molar-refractivity contribution is 5.94. The molecule has 2 heterocycles. The van der Waals surface area contributed by atoms with Gasteiger partial charge in [-0.15, -0.1) is 0 Å². The molecule has 0 bridgehead atoms. The minimum atomic E-state index is -0.441. The number of aryl methyl sites for hydroxylation is 1. The third kappa shape index (κ3) is 4.81. The van der Waals surface area contributed by atoms with E-state index in [9.17, 15) is 4.79 Å². The van der Waals surface area contributed by atoms with Crippen molar-refractivity contribution in [3.63, 3.8) is 0 Å². The van der Waals surface area contributed by atoms with Gasteiger partial charge in [-0.25, -0.2) is 4.98 Å². The first-order chi connectivity index (χ1) is 14.2. The fourth-order valence-corrected chi connectivity index (χ4v) is 3.31. The van der Waals surface area contributed by atoms with Crippen LogP contribution in [0, 0.1) is 6.92 Å². The van der Waals surface area contributed by atoms with Crippen LogP contribution < -0.4 is 10.1 Å². The number of hydrogen-bond donors (Lipinski definition) is 2. The number of ether oxygens (including phenoxy) is 2. The summed E-state index contributed by atoms with van der Waals surface area (Å²) in [5.41, 5.74) is 1.46. The molecule has 1 aliphatic heterocycles. The zero-order valence-electron chi connectivity index (χ0n) is 16.3. The Labute approximate surface area is 169 Å². The van der Waals surface area contributed by atoms with Gasteiger partial charge >= 0.3 is 0 Å². The van der Waals surface area contributed by atoms with Gasteiger partial charge in [-0.1, -0.05) is 30.3 Å². The summed E-state index contributed by atoms with van der Waals surface area (Å²) >= 11 is 0. The Morgan fingerprint density at radius 2 is 2.03 bits per heavy atom. The summed E-state index contributed by atoms with van der Waals surface area (Å²) < 4.78 is 11.3. The Morgan fingerprint density at radius 3 is 2.69 bits per heavy atom. The monoisotopic (exact) mass is 392 g/mol. The van der Waals surface area contributed by atoms with Crippen molar-refractivity contribution >= 4 is 5.91 Å². The summed E-state index contributed by atoms with van der Waals surface area (Å²) in [5, 5.41) is 10.1. The lowest BCUT2D eigenvalue weighted by Gasteiger charge is -2.17. The molecule has 1 aromatic heterocycles. The predicted octanol–water partition coefficient (Wildman–Crippen LogP) is 3.19. The molecule has 1 saturated heterocycles. The zero-order chi connectivity index (χ0) is 20.1. The smallest absolute Gasteiger partial charge is 0.252 e. The molecule has 2 unspecified atom stereocenters. The van der Waals surface area contributed by atoms with Crippen molar-refractivity contribution in [3.8, 4) is 5.75 Å². The van der Waals surface area contributed by atoms with Crippen molar-refractivity contribution in [1.82, 2.24) is 20.5 Å². The predicted molar refractivity (Wildman–Crippen MR) is 108 cm³/mol. The summed E-state index contributed by atoms with van der Waals surface area (Å²) in [6, 6.07) is 16.3. The highest BCUT2D eigenvalue weighted by atomic mass is 16.5. The zero-order valence-corrected chi connectivity index (χ0v) is 16.3. The van der Waals surface area contributed by atoms with E-state index < -0.39 is 6.04 Å². The second kappa shape index (κ2) is 8.87. The van der Waals surface area contributed by atoms with Gasteiger partial charge in [0.15, 0.2) is 5.82 Å². The molecule has 7 heteroatoms. The molecule has 29 heavy (non-hydrogen) atoms. The lowest BCUT2D eigenvalue weighted by molar-refractivity contribution is 0.0679. The fourth-order valence-electron chi connectivity index (χ4n) is 3.31. The molecule has 2 aromatic carbocycles. The summed E-state index contributed by atoms with van der Waals surface area (Å²) in [7, 11) is 0. The lowest BCUT2D eigenvalue weighted by atomic mass is 10.1. The molecule has 4 rings (SSSR count). The quantitative estimate of drug-likeness (QED) is 0.645. The van der Waals surface area contributed by atoms with Gasteiger partial charge in [-0.05, 0) is 49.6 Å². The van der Waals surface area contributed by atoms with Crippen molar-refractivity contribution in [1.29, 1.82) is 0 Å². The number of amides is 1. The van der Waals surface area contributed by atoms with E-state index in [2.05, 4.69) is 20.5 Å². The lowest BCUT2D eigenvalue weighted by Crippen LogP contribution is -2.30. The summed E-state index contributed by atoms with van der Waals surface area (Å²) in [4.78, 5) is 17.2. The van der Waals surface area contributed by atoms with Crippen LogP contribution in [0.4, 0.5) is 0 Å². The highest BCUT2D eigenvalue weighted by Crippen LogP contribution is 2.21. The van der Waals surface area contributed by atoms with Crippen LogP contribution in [0.2, 0.25) is 0 Å². The van der Waals surface area contributed by atoms with Gasteiger partial charge in [0.25, 0.3) is 5.91 Å². The van der Waals surface area contributed by atoms with E-state index in [-0.39, 0.29) is 12.0 Å². The number of aromatic amines is 1. The number of carbonyl (C=O) groups excluding carboxylic acids is 1. The molecule has 0 aliphatic carbocycles. The number of nitrogens with zero attached hydrogens (tertiary/aromatic N) is 2. The maximum atomic E-state index is 12.8. The van der Waals surface area contributed by atoms with Crippen LogP contribution in [0.25, 0.3) is 0 Å². The van der Waals surface area contributed by atoms with Crippen LogP contribution in [0.15, 0.2) is 54.6 Å². The number of aromatic nitrogens is 3. The fraction of sp³-hybridized carbons (Fsp3) is 0.318. The molecule has 0 saturated carbocycles. The van der Waals surface area contributed by atoms with Crippen molar-refractivity contribution in [2.24, 2.45) is 0 Å². The second-order valence-electron chi connectivity index (χ2n) is 7.07. The van der Waals surface area contributed by atoms with E-state index >= 15 is 0 Å². The highest BCUT2D eigenvalue weighted by Gasteiger charge is 2.22. The largest absolute Gasteiger partial charge is 0.491 e. The molecule has 0 spiro atoms. The number of benzene rings is 2. The molecule has 1 aliphatic rings. The summed E-state index contributed by atoms with van der Waals surface area (Å²) in [6.07, 6.45) is 2.27. The van der Waals surface area contributed by atoms with E-state index in [1.165, 1.54) is 0 Å². The molecular formula is C22H24N4O3. The Hall–Kier alpha value is -3.19. The molecule has 150 valence electrons. The Balaban J connectivity index is 1.44. The van der Waals surface area contributed by atoms with E-state index in [1.54, 1.807) is 24.3 Å². The summed E-state index contributed by atoms with van der Waals surface area (Å²) in [5.74, 6) is 1.75. The molecule has 0 radical (unpaired) electrons. The van der Waals surface area contributed by atoms with Crippen molar-refractivity contribution in [2.75, 3.05) is 13.2 Å². The minimum Gasteiger partial charge on any atom is -0.491 e. The van der Waals surface area contributed by atoms with Gasteiger partial charge in [-0.2, -0.15) is 5.10 Å². The average Bonchev–Trinajstić information content (AvgIpc) is 3.43. The number of hydrogen-bond acceptors (Lipinski definition) is 5. The topological polar surface area (TPSA) is 89.1 Å². The van der Waals surface area contributed by atoms with Gasteiger partial charge < -0.3 is 14.8 Å². The van der Waals surface area contributed by atoms with Crippen LogP contribution in [-0.4, -0.2) is 40.4 Å². The standard InChI is InChI=1S/C22H24N4O3/c1-15-23-21(26-25-15)20(16-6-3-2-4-7-16)24-22(27)17-9-11-18(12-10-17)29-14-19-8-5-13-28-19/h2-4,6-7,9-12,19-20H,5,8,13-14H2,1H3,(H,24,27)(H,23,25,26). The molecule has 1 amide bonds. The minimum absolute atomic E-state index is 0.161. The van der Waals surface area contributed by atoms with Crippen LogP contribution >= 0.6 is 0 Å². The first kappa shape index (κ1) is 19.1. The number of nitrogens with one attached hydrogen (secondary N) is 2. The van der Waals surface area contributed by atoms with Crippen LogP contribution in [-0.2, 0) is 4.74 Å². The number of rotatable bonds is 7. The van der Waals surface area contributed by atoms with Crippen molar-refractivity contribution in [2.45, 2.75) is 31.9 Å². The van der Waals surface area contributed by atoms with Gasteiger partial charge in [0.05, 0.1) is 6.10 Å². The van der Waals surface area contributed by atoms with E-state index in [0.717, 1.165) is 30.8 Å². The molecule has 2 N–H and O–H groups in total. The second-order valence-corrected chi connectivity index (χ2v) is 7.07. The van der Waals surface area contributed by atoms with Gasteiger partial charge in [0.2, 0.25) is 0 Å². The van der Waals surface area contributed by atoms with Gasteiger partial charge in [0, 0.05) is 12.2 Å². The van der Waals surface area contributed by atoms with E-state index in [0.29, 0.717) is 23.8 Å². The molecular weight excluding hydrogens is 368 g/mol. The van der Waals surface area contributed by atoms with Gasteiger partial charge in [-0.3, -0.25) is 9.89 Å². The maximum Gasteiger partial charge on any atom is 0.252 e. The molecule has 1 fully saturated rings. The summed E-state index contributed by atoms with van der Waals surface area (Å²) in [6.45, 7) is 3.17. The molecule has 3 aromatic rings. The van der Waals surface area contributed by atoms with Crippen molar-refractivity contribution in [3.05, 3.63) is 77.4 Å². The van der Waals surface area contributed by atoms with Crippen LogP contribution in [0.3, 0.4) is 0 Å². The first-order valence-electron chi connectivity index (χ1n) is 9.78. The Bertz CT molecular complexity index is 934. The van der Waals surface area contributed by atoms with E-state index in [1.807, 2.05) is 37.3 Å². The number of carbonyl (C=O) groups is 1. The average molecular weight is 392 g/mol. The maximum absolute atomic E-state index is 12.8. The number of H-pyrrole nitrogens is 1. The van der Waals surface area contributed by atoms with Crippen molar-refractivity contribution < 1.29 is 14.3 Å². The molecule has 2 atom stereocenters. The third-order valence-electron chi connectivity index (χ3n) is 4.86. The SMILES string of the molecule is Cc1nc(C(NC(=O)c2ccc(OCC3CCCO3)cc2)c2ccccc2)n[nH]1. The normalized spacial score (nSPS) is 17.1. The van der Waals surface area contributed by atoms with Crippen LogP contribution in [0.5, 0.6) is 5.75 Å². The third-order valence-corrected chi connectivity index (χ3v) is 4.86. The van der Waals surface area contributed by atoms with Crippen LogP contribution in [0.1, 0.15) is 46.5 Å². The Kier molecular flexibility index (Phi) is 5.86. The first-order valence-corrected chi connectivity index (χ1v) is 9.78. The Morgan fingerprint density at radius 1 is 1.24 bits per heavy atom. The van der Waals surface area contributed by atoms with Gasteiger partial charge in [0.1, 0.15) is 24.2 Å².